The van der Waals surface area contributed by atoms with E-state index >= 15 is 0 Å². The van der Waals surface area contributed by atoms with Gasteiger partial charge in [0.05, 0.1) is 6.54 Å². The first kappa shape index (κ1) is 23.0. The minimum absolute atomic E-state index is 0. The molecule has 0 amide bonds. The molecule has 166 valence electrons. The average molecular weight is 456 g/mol. The second-order valence-electron chi connectivity index (χ2n) is 7.46. The number of hydrogen-bond donors (Lipinski definition) is 1. The van der Waals surface area contributed by atoms with Crippen LogP contribution in [-0.2, 0) is 4.79 Å². The largest absolute Gasteiger partial charge is 0.573 e. The molecule has 2 aliphatic heterocycles. The van der Waals surface area contributed by atoms with E-state index < -0.39 is 17.9 Å². The highest BCUT2D eigenvalue weighted by molar-refractivity contribution is 5.85. The number of alkyl halides is 3. The van der Waals surface area contributed by atoms with E-state index in [0.717, 1.165) is 16.7 Å². The topological polar surface area (TPSA) is 59.0 Å². The van der Waals surface area contributed by atoms with Crippen LogP contribution in [0.3, 0.4) is 0 Å². The average Bonchev–Trinajstić information content (AvgIpc) is 2.68. The maximum absolute atomic E-state index is 12.5. The molecule has 1 spiro atoms. The Kier molecular flexibility index (Phi) is 6.52. The molecule has 0 bridgehead atoms. The molecule has 0 atom stereocenters. The van der Waals surface area contributed by atoms with Gasteiger partial charge in [-0.2, -0.15) is 0 Å². The zero-order valence-electron chi connectivity index (χ0n) is 16.4. The van der Waals surface area contributed by atoms with Gasteiger partial charge in [-0.15, -0.1) is 25.6 Å². The van der Waals surface area contributed by atoms with Crippen LogP contribution in [-0.4, -0.2) is 47.6 Å². The molecule has 2 heterocycles. The second-order valence-corrected chi connectivity index (χ2v) is 7.46. The molecule has 1 fully saturated rings. The lowest BCUT2D eigenvalue weighted by Crippen LogP contribution is -2.49. The van der Waals surface area contributed by atoms with Crippen molar-refractivity contribution in [2.45, 2.75) is 24.8 Å². The summed E-state index contributed by atoms with van der Waals surface area (Å²) in [4.78, 5) is 12.9. The van der Waals surface area contributed by atoms with Crippen molar-refractivity contribution in [3.8, 4) is 11.5 Å². The van der Waals surface area contributed by atoms with Crippen LogP contribution in [0.5, 0.6) is 11.5 Å². The number of ether oxygens (including phenoxy) is 2. The quantitative estimate of drug-likeness (QED) is 0.721. The van der Waals surface area contributed by atoms with Crippen LogP contribution in [0.1, 0.15) is 24.0 Å². The molecular weight excluding hydrogens is 435 g/mol. The summed E-state index contributed by atoms with van der Waals surface area (Å²) in [6, 6.07) is 13.3. The van der Waals surface area contributed by atoms with E-state index in [1.54, 1.807) is 12.1 Å². The Hall–Kier alpha value is -2.71. The van der Waals surface area contributed by atoms with Gasteiger partial charge in [0.15, 0.2) is 0 Å². The molecule has 0 aliphatic carbocycles. The van der Waals surface area contributed by atoms with Crippen LogP contribution in [0.25, 0.3) is 5.57 Å². The SMILES string of the molecule is Cl.O=C(O)CN1CCC2(C=C(c3ccc(OC(F)(F)F)cc3)c3ccccc3O2)CC1. The summed E-state index contributed by atoms with van der Waals surface area (Å²) < 4.78 is 47.7. The number of likely N-dealkylation sites (tertiary alicyclic amines) is 1. The summed E-state index contributed by atoms with van der Waals surface area (Å²) in [6.45, 7) is 1.15. The monoisotopic (exact) mass is 455 g/mol. The van der Waals surface area contributed by atoms with Gasteiger partial charge in [0, 0.05) is 31.5 Å². The maximum atomic E-state index is 12.5. The predicted octanol–water partition coefficient (Wildman–Crippen LogP) is 4.75. The van der Waals surface area contributed by atoms with Crippen molar-refractivity contribution in [3.63, 3.8) is 0 Å². The number of para-hydroxylation sites is 1. The minimum atomic E-state index is -4.74. The van der Waals surface area contributed by atoms with Crippen LogP contribution in [0.2, 0.25) is 0 Å². The number of carboxylic acids is 1. The molecule has 5 nitrogen and oxygen atoms in total. The maximum Gasteiger partial charge on any atom is 0.573 e. The molecule has 1 N–H and O–H groups in total. The molecule has 2 aromatic carbocycles. The van der Waals surface area contributed by atoms with Gasteiger partial charge in [0.1, 0.15) is 17.1 Å². The highest BCUT2D eigenvalue weighted by Gasteiger charge is 2.39. The Morgan fingerprint density at radius 3 is 2.35 bits per heavy atom. The number of nitrogens with zero attached hydrogens (tertiary/aromatic N) is 1. The lowest BCUT2D eigenvalue weighted by molar-refractivity contribution is -0.274. The van der Waals surface area contributed by atoms with Gasteiger partial charge in [0.2, 0.25) is 0 Å². The minimum Gasteiger partial charge on any atom is -0.482 e. The smallest absolute Gasteiger partial charge is 0.482 e. The van der Waals surface area contributed by atoms with E-state index in [4.69, 9.17) is 9.84 Å². The van der Waals surface area contributed by atoms with Crippen molar-refractivity contribution in [1.29, 1.82) is 0 Å². The Balaban J connectivity index is 0.00000272. The van der Waals surface area contributed by atoms with Crippen molar-refractivity contribution in [2.24, 2.45) is 0 Å². The second kappa shape index (κ2) is 8.80. The Labute approximate surface area is 183 Å². The fourth-order valence-electron chi connectivity index (χ4n) is 3.97. The fraction of sp³-hybridized carbons (Fsp3) is 0.318. The Bertz CT molecular complexity index is 967. The molecule has 0 saturated carbocycles. The summed E-state index contributed by atoms with van der Waals surface area (Å²) in [7, 11) is 0. The molecule has 0 aromatic heterocycles. The van der Waals surface area contributed by atoms with E-state index in [0.29, 0.717) is 31.7 Å². The summed E-state index contributed by atoms with van der Waals surface area (Å²) in [5.74, 6) is -0.431. The van der Waals surface area contributed by atoms with Gasteiger partial charge in [-0.3, -0.25) is 9.69 Å². The van der Waals surface area contributed by atoms with Crippen molar-refractivity contribution in [3.05, 3.63) is 65.7 Å². The van der Waals surface area contributed by atoms with Crippen LogP contribution in [0.15, 0.2) is 54.6 Å². The van der Waals surface area contributed by atoms with E-state index in [1.165, 1.54) is 12.1 Å². The number of hydrogen-bond acceptors (Lipinski definition) is 4. The summed E-state index contributed by atoms with van der Waals surface area (Å²) >= 11 is 0. The number of rotatable bonds is 4. The zero-order valence-corrected chi connectivity index (χ0v) is 17.2. The van der Waals surface area contributed by atoms with Crippen LogP contribution >= 0.6 is 12.4 Å². The van der Waals surface area contributed by atoms with Gasteiger partial charge in [-0.05, 0) is 35.4 Å². The number of piperidine rings is 1. The summed E-state index contributed by atoms with van der Waals surface area (Å²) in [6.07, 6.45) is -1.48. The molecule has 31 heavy (non-hydrogen) atoms. The van der Waals surface area contributed by atoms with E-state index in [9.17, 15) is 18.0 Å². The predicted molar refractivity (Wildman–Crippen MR) is 111 cm³/mol. The number of benzene rings is 2. The normalized spacial score (nSPS) is 17.7. The highest BCUT2D eigenvalue weighted by Crippen LogP contribution is 2.43. The van der Waals surface area contributed by atoms with Gasteiger partial charge < -0.3 is 14.6 Å². The van der Waals surface area contributed by atoms with Crippen LogP contribution < -0.4 is 9.47 Å². The molecule has 0 unspecified atom stereocenters. The summed E-state index contributed by atoms with van der Waals surface area (Å²) in [5, 5.41) is 9.02. The standard InChI is InChI=1S/C22H20F3NO4.ClH/c23-22(24,25)29-16-7-5-15(6-8-16)18-13-21(30-19-4-2-1-3-17(18)19)9-11-26(12-10-21)14-20(27)28;/h1-8,13H,9-12,14H2,(H,27,28);1H. The summed E-state index contributed by atoms with van der Waals surface area (Å²) in [5.41, 5.74) is 1.91. The van der Waals surface area contributed by atoms with Gasteiger partial charge in [0.25, 0.3) is 0 Å². The van der Waals surface area contributed by atoms with Crippen molar-refractivity contribution in [2.75, 3.05) is 19.6 Å². The molecule has 0 radical (unpaired) electrons. The lowest BCUT2D eigenvalue weighted by atomic mass is 9.83. The number of aliphatic carboxylic acids is 1. The zero-order chi connectivity index (χ0) is 21.4. The van der Waals surface area contributed by atoms with E-state index in [2.05, 4.69) is 4.74 Å². The van der Waals surface area contributed by atoms with Gasteiger partial charge in [-0.1, -0.05) is 30.3 Å². The first-order chi connectivity index (χ1) is 14.2. The van der Waals surface area contributed by atoms with Crippen LogP contribution in [0.4, 0.5) is 13.2 Å². The highest BCUT2D eigenvalue weighted by atomic mass is 35.5. The van der Waals surface area contributed by atoms with E-state index in [-0.39, 0.29) is 24.7 Å². The molecule has 9 heteroatoms. The van der Waals surface area contributed by atoms with Gasteiger partial charge in [-0.25, -0.2) is 0 Å². The molecule has 4 rings (SSSR count). The first-order valence-corrected chi connectivity index (χ1v) is 9.55. The van der Waals surface area contributed by atoms with Crippen molar-refractivity contribution in [1.82, 2.24) is 4.90 Å². The van der Waals surface area contributed by atoms with E-state index in [1.807, 2.05) is 35.2 Å². The third kappa shape index (κ3) is 5.32. The van der Waals surface area contributed by atoms with Gasteiger partial charge >= 0.3 is 12.3 Å². The fourth-order valence-corrected chi connectivity index (χ4v) is 3.97. The molecule has 2 aliphatic rings. The Morgan fingerprint density at radius 2 is 1.74 bits per heavy atom. The van der Waals surface area contributed by atoms with Crippen LogP contribution in [0, 0.1) is 0 Å². The first-order valence-electron chi connectivity index (χ1n) is 9.55. The number of halogens is 4. The lowest BCUT2D eigenvalue weighted by Gasteiger charge is -2.42. The van der Waals surface area contributed by atoms with Crippen molar-refractivity contribution >= 4 is 23.9 Å². The molecule has 1 saturated heterocycles. The molecular formula is C22H21ClF3NO4. The number of carboxylic acid groups (broad SMARTS) is 1. The Morgan fingerprint density at radius 1 is 1.10 bits per heavy atom. The van der Waals surface area contributed by atoms with Crippen molar-refractivity contribution < 1.29 is 32.5 Å². The third-order valence-corrected chi connectivity index (χ3v) is 5.36. The number of fused-ring (bicyclic) bond motifs is 1. The third-order valence-electron chi connectivity index (χ3n) is 5.36. The number of carbonyl (C=O) groups is 1. The molecule has 2 aromatic rings.